The molecule has 0 spiro atoms. The number of benzene rings is 2. The molecule has 0 aromatic heterocycles. The number of halogens is 2. The fourth-order valence-corrected chi connectivity index (χ4v) is 3.37. The van der Waals surface area contributed by atoms with E-state index in [-0.39, 0.29) is 33.5 Å². The summed E-state index contributed by atoms with van der Waals surface area (Å²) >= 11 is 11.9. The molecule has 2 aromatic carbocycles. The van der Waals surface area contributed by atoms with Crippen molar-refractivity contribution >= 4 is 40.9 Å². The molecule has 0 aliphatic carbocycles. The highest BCUT2D eigenvalue weighted by Gasteiger charge is 2.36. The molecule has 1 unspecified atom stereocenters. The number of esters is 1. The first-order valence-corrected chi connectivity index (χ1v) is 9.04. The van der Waals surface area contributed by atoms with Gasteiger partial charge in [0.05, 0.1) is 28.9 Å². The van der Waals surface area contributed by atoms with Crippen LogP contribution in [0.15, 0.2) is 42.0 Å². The van der Waals surface area contributed by atoms with Crippen LogP contribution in [0.4, 0.5) is 4.79 Å². The largest absolute Gasteiger partial charge is 0.506 e. The van der Waals surface area contributed by atoms with Crippen LogP contribution in [0.2, 0.25) is 10.0 Å². The van der Waals surface area contributed by atoms with Crippen LogP contribution in [0.3, 0.4) is 0 Å². The summed E-state index contributed by atoms with van der Waals surface area (Å²) in [6, 6.07) is 8.24. The SMILES string of the molecule is CCOC(=O)C1=C(c2ccccc2)NC(=O)NC1c1cc(Cl)c(O)c(Cl)c1O. The number of amides is 2. The van der Waals surface area contributed by atoms with Gasteiger partial charge in [-0.2, -0.15) is 0 Å². The number of carbonyl (C=O) groups is 2. The molecule has 3 rings (SSSR count). The maximum atomic E-state index is 12.8. The molecule has 9 heteroatoms. The molecule has 7 nitrogen and oxygen atoms in total. The van der Waals surface area contributed by atoms with Crippen LogP contribution in [0.1, 0.15) is 24.1 Å². The number of nitrogens with one attached hydrogen (secondary N) is 2. The number of rotatable bonds is 4. The van der Waals surface area contributed by atoms with E-state index in [0.717, 1.165) is 0 Å². The number of phenols is 2. The maximum absolute atomic E-state index is 12.8. The van der Waals surface area contributed by atoms with Crippen molar-refractivity contribution in [2.45, 2.75) is 13.0 Å². The lowest BCUT2D eigenvalue weighted by atomic mass is 9.92. The molecule has 0 saturated carbocycles. The van der Waals surface area contributed by atoms with Gasteiger partial charge in [-0.05, 0) is 18.6 Å². The number of aromatic hydroxyl groups is 2. The standard InChI is InChI=1S/C19H16Cl2N2O5/c1-2-28-18(26)12-14(9-6-4-3-5-7-9)22-19(27)23-15(12)10-8-11(20)17(25)13(21)16(10)24/h3-8,15,24-25H,2H2,1H3,(H2,22,23,27). The Labute approximate surface area is 170 Å². The van der Waals surface area contributed by atoms with E-state index in [9.17, 15) is 19.8 Å². The topological polar surface area (TPSA) is 108 Å². The van der Waals surface area contributed by atoms with Gasteiger partial charge in [0.1, 0.15) is 10.8 Å². The number of carbonyl (C=O) groups excluding carboxylic acids is 2. The molecule has 146 valence electrons. The Morgan fingerprint density at radius 3 is 2.50 bits per heavy atom. The first-order valence-electron chi connectivity index (χ1n) is 8.29. The van der Waals surface area contributed by atoms with Crippen molar-refractivity contribution in [1.29, 1.82) is 0 Å². The molecule has 1 aliphatic rings. The Bertz CT molecular complexity index is 976. The van der Waals surface area contributed by atoms with Crippen LogP contribution < -0.4 is 10.6 Å². The van der Waals surface area contributed by atoms with Gasteiger partial charge in [-0.15, -0.1) is 0 Å². The zero-order valence-corrected chi connectivity index (χ0v) is 16.1. The molecule has 1 atom stereocenters. The third kappa shape index (κ3) is 3.58. The number of phenolic OH excluding ortho intramolecular Hbond substituents is 2. The lowest BCUT2D eigenvalue weighted by Gasteiger charge is -2.30. The van der Waals surface area contributed by atoms with Gasteiger partial charge in [0.25, 0.3) is 0 Å². The molecule has 0 bridgehead atoms. The monoisotopic (exact) mass is 422 g/mol. The Balaban J connectivity index is 2.27. The fourth-order valence-electron chi connectivity index (χ4n) is 2.90. The second-order valence-corrected chi connectivity index (χ2v) is 6.65. The van der Waals surface area contributed by atoms with E-state index in [1.807, 2.05) is 0 Å². The predicted molar refractivity (Wildman–Crippen MR) is 104 cm³/mol. The molecule has 0 fully saturated rings. The minimum absolute atomic E-state index is 0.0409. The molecule has 0 saturated heterocycles. The highest BCUT2D eigenvalue weighted by molar-refractivity contribution is 6.38. The fraction of sp³-hybridized carbons (Fsp3) is 0.158. The number of urea groups is 1. The lowest BCUT2D eigenvalue weighted by Crippen LogP contribution is -2.45. The van der Waals surface area contributed by atoms with Crippen LogP contribution in [-0.2, 0) is 9.53 Å². The average Bonchev–Trinajstić information content (AvgIpc) is 2.69. The van der Waals surface area contributed by atoms with Crippen molar-refractivity contribution in [3.8, 4) is 11.5 Å². The molecule has 2 aromatic rings. The summed E-state index contributed by atoms with van der Waals surface area (Å²) in [7, 11) is 0. The zero-order valence-electron chi connectivity index (χ0n) is 14.6. The van der Waals surface area contributed by atoms with Crippen molar-refractivity contribution in [3.05, 3.63) is 63.1 Å². The van der Waals surface area contributed by atoms with E-state index in [1.54, 1.807) is 37.3 Å². The number of hydrogen-bond donors (Lipinski definition) is 4. The van der Waals surface area contributed by atoms with Gasteiger partial charge < -0.3 is 25.6 Å². The van der Waals surface area contributed by atoms with E-state index >= 15 is 0 Å². The van der Waals surface area contributed by atoms with E-state index in [4.69, 9.17) is 27.9 Å². The Morgan fingerprint density at radius 1 is 1.18 bits per heavy atom. The highest BCUT2D eigenvalue weighted by Crippen LogP contribution is 2.45. The Kier molecular flexibility index (Phi) is 5.67. The predicted octanol–water partition coefficient (Wildman–Crippen LogP) is 3.73. The summed E-state index contributed by atoms with van der Waals surface area (Å²) in [5, 5.41) is 24.9. The van der Waals surface area contributed by atoms with E-state index in [2.05, 4.69) is 10.6 Å². The van der Waals surface area contributed by atoms with E-state index in [0.29, 0.717) is 5.56 Å². The van der Waals surface area contributed by atoms with Crippen molar-refractivity contribution in [3.63, 3.8) is 0 Å². The Hall–Kier alpha value is -2.90. The second-order valence-electron chi connectivity index (χ2n) is 5.87. The first-order chi connectivity index (χ1) is 13.3. The van der Waals surface area contributed by atoms with E-state index in [1.165, 1.54) is 6.07 Å². The van der Waals surface area contributed by atoms with Gasteiger partial charge in [0, 0.05) is 5.56 Å². The van der Waals surface area contributed by atoms with Gasteiger partial charge in [-0.3, -0.25) is 0 Å². The number of hydrogen-bond acceptors (Lipinski definition) is 5. The van der Waals surface area contributed by atoms with Gasteiger partial charge in [-0.1, -0.05) is 53.5 Å². The Morgan fingerprint density at radius 2 is 1.86 bits per heavy atom. The first kappa shape index (κ1) is 19.9. The molecule has 1 aliphatic heterocycles. The molecular weight excluding hydrogens is 407 g/mol. The van der Waals surface area contributed by atoms with Crippen LogP contribution in [-0.4, -0.2) is 28.8 Å². The van der Waals surface area contributed by atoms with E-state index < -0.39 is 29.5 Å². The molecular formula is C19H16Cl2N2O5. The molecule has 2 amide bonds. The quantitative estimate of drug-likeness (QED) is 0.561. The smallest absolute Gasteiger partial charge is 0.338 e. The van der Waals surface area contributed by atoms with Crippen LogP contribution in [0.25, 0.3) is 5.70 Å². The number of ether oxygens (including phenoxy) is 1. The van der Waals surface area contributed by atoms with Gasteiger partial charge >= 0.3 is 12.0 Å². The van der Waals surface area contributed by atoms with Crippen LogP contribution >= 0.6 is 23.2 Å². The summed E-state index contributed by atoms with van der Waals surface area (Å²) in [5.74, 6) is -1.71. The summed E-state index contributed by atoms with van der Waals surface area (Å²) in [4.78, 5) is 25.1. The minimum Gasteiger partial charge on any atom is -0.506 e. The third-order valence-corrected chi connectivity index (χ3v) is 4.78. The molecule has 0 radical (unpaired) electrons. The summed E-state index contributed by atoms with van der Waals surface area (Å²) in [6.07, 6.45) is 0. The molecule has 28 heavy (non-hydrogen) atoms. The maximum Gasteiger partial charge on any atom is 0.338 e. The van der Waals surface area contributed by atoms with Crippen molar-refractivity contribution in [2.75, 3.05) is 6.61 Å². The second kappa shape index (κ2) is 8.00. The normalized spacial score (nSPS) is 16.4. The molecule has 1 heterocycles. The zero-order chi connectivity index (χ0) is 20.4. The van der Waals surface area contributed by atoms with Crippen molar-refractivity contribution in [1.82, 2.24) is 10.6 Å². The van der Waals surface area contributed by atoms with Crippen molar-refractivity contribution in [2.24, 2.45) is 0 Å². The van der Waals surface area contributed by atoms with Crippen molar-refractivity contribution < 1.29 is 24.5 Å². The van der Waals surface area contributed by atoms with Crippen LogP contribution in [0.5, 0.6) is 11.5 Å². The van der Waals surface area contributed by atoms with Gasteiger partial charge in [-0.25, -0.2) is 9.59 Å². The highest BCUT2D eigenvalue weighted by atomic mass is 35.5. The molecule has 4 N–H and O–H groups in total. The minimum atomic E-state index is -1.11. The lowest BCUT2D eigenvalue weighted by molar-refractivity contribution is -0.138. The summed E-state index contributed by atoms with van der Waals surface area (Å²) in [6.45, 7) is 1.75. The van der Waals surface area contributed by atoms with Gasteiger partial charge in [0.2, 0.25) is 0 Å². The average molecular weight is 423 g/mol. The third-order valence-electron chi connectivity index (χ3n) is 4.14. The van der Waals surface area contributed by atoms with Gasteiger partial charge in [0.15, 0.2) is 5.75 Å². The summed E-state index contributed by atoms with van der Waals surface area (Å²) < 4.78 is 5.16. The summed E-state index contributed by atoms with van der Waals surface area (Å²) in [5.41, 5.74) is 0.897. The van der Waals surface area contributed by atoms with Crippen LogP contribution in [0, 0.1) is 0 Å².